The number of fused-ring (bicyclic) bond motifs is 5. The van der Waals surface area contributed by atoms with Gasteiger partial charge in [-0.25, -0.2) is 19.6 Å². The second kappa shape index (κ2) is 10.4. The van der Waals surface area contributed by atoms with Crippen LogP contribution in [0.2, 0.25) is 0 Å². The van der Waals surface area contributed by atoms with Crippen LogP contribution in [0.1, 0.15) is 48.6 Å². The largest absolute Gasteiger partial charge is 0.477 e. The first kappa shape index (κ1) is 27.4. The van der Waals surface area contributed by atoms with E-state index in [1.165, 1.54) is 0 Å². The number of aromatic nitrogens is 6. The van der Waals surface area contributed by atoms with Crippen molar-refractivity contribution in [3.63, 3.8) is 0 Å². The molecule has 2 aromatic carbocycles. The Morgan fingerprint density at radius 2 is 1.84 bits per heavy atom. The fraction of sp³-hybridized carbons (Fsp3) is 0.355. The maximum Gasteiger partial charge on any atom is 0.387 e. The topological polar surface area (TPSA) is 109 Å². The third kappa shape index (κ3) is 4.90. The Balaban J connectivity index is 1.37. The van der Waals surface area contributed by atoms with Gasteiger partial charge in [-0.05, 0) is 61.2 Å². The van der Waals surface area contributed by atoms with Gasteiger partial charge < -0.3 is 23.9 Å². The molecular weight excluding hydrogens is 558 g/mol. The van der Waals surface area contributed by atoms with Crippen LogP contribution in [0, 0.1) is 6.92 Å². The molecule has 0 unspecified atom stereocenters. The molecule has 2 aliphatic rings. The van der Waals surface area contributed by atoms with Crippen molar-refractivity contribution in [3.8, 4) is 33.9 Å². The fourth-order valence-corrected chi connectivity index (χ4v) is 5.82. The van der Waals surface area contributed by atoms with Crippen LogP contribution >= 0.6 is 0 Å². The summed E-state index contributed by atoms with van der Waals surface area (Å²) in [7, 11) is 0. The second-order valence-corrected chi connectivity index (χ2v) is 11.4. The number of nitrogens with zero attached hydrogens (tertiary/aromatic N) is 6. The highest BCUT2D eigenvalue weighted by Gasteiger charge is 2.28. The van der Waals surface area contributed by atoms with Crippen LogP contribution in [0.4, 0.5) is 8.78 Å². The van der Waals surface area contributed by atoms with E-state index in [9.17, 15) is 13.9 Å². The predicted molar refractivity (Wildman–Crippen MR) is 153 cm³/mol. The van der Waals surface area contributed by atoms with Gasteiger partial charge >= 0.3 is 6.61 Å². The van der Waals surface area contributed by atoms with Crippen LogP contribution in [-0.2, 0) is 36.6 Å². The zero-order valence-electron chi connectivity index (χ0n) is 24.0. The summed E-state index contributed by atoms with van der Waals surface area (Å²) in [6.45, 7) is 4.01. The van der Waals surface area contributed by atoms with E-state index in [1.807, 2.05) is 33.5 Å². The number of ether oxygens (including phenoxy) is 3. The number of benzene rings is 2. The summed E-state index contributed by atoms with van der Waals surface area (Å²) >= 11 is 0. The molecule has 5 aromatic rings. The first-order valence-corrected chi connectivity index (χ1v) is 14.1. The summed E-state index contributed by atoms with van der Waals surface area (Å²) in [5, 5.41) is 14.8. The monoisotopic (exact) mass is 588 g/mol. The highest BCUT2D eigenvalue weighted by atomic mass is 19.3. The molecule has 7 rings (SSSR count). The molecule has 0 saturated carbocycles. The summed E-state index contributed by atoms with van der Waals surface area (Å²) in [6.07, 6.45) is 5.97. The van der Waals surface area contributed by atoms with Crippen LogP contribution < -0.4 is 9.47 Å². The molecule has 0 fully saturated rings. The lowest BCUT2D eigenvalue weighted by Gasteiger charge is -2.25. The maximum atomic E-state index is 13.7. The zero-order valence-corrected chi connectivity index (χ0v) is 24.0. The van der Waals surface area contributed by atoms with Crippen LogP contribution in [0.5, 0.6) is 11.6 Å². The molecule has 0 bridgehead atoms. The zero-order chi connectivity index (χ0) is 29.9. The second-order valence-electron chi connectivity index (χ2n) is 11.4. The van der Waals surface area contributed by atoms with Crippen LogP contribution in [0.25, 0.3) is 33.3 Å². The Kier molecular flexibility index (Phi) is 6.62. The van der Waals surface area contributed by atoms with Gasteiger partial charge in [0.05, 0.1) is 42.6 Å². The molecule has 0 amide bonds. The van der Waals surface area contributed by atoms with Crippen molar-refractivity contribution in [2.75, 3.05) is 6.61 Å². The van der Waals surface area contributed by atoms with Crippen LogP contribution in [0.3, 0.4) is 0 Å². The van der Waals surface area contributed by atoms with Gasteiger partial charge in [0, 0.05) is 36.5 Å². The minimum Gasteiger partial charge on any atom is -0.477 e. The molecule has 0 saturated heterocycles. The molecule has 10 nitrogen and oxygen atoms in total. The minimum atomic E-state index is -3.00. The highest BCUT2D eigenvalue weighted by Crippen LogP contribution is 2.42. The molecule has 0 atom stereocenters. The van der Waals surface area contributed by atoms with E-state index in [2.05, 4.69) is 15.1 Å². The van der Waals surface area contributed by atoms with E-state index >= 15 is 0 Å². The number of imidazole rings is 1. The number of hydrogen-bond acceptors (Lipinski definition) is 8. The molecule has 0 aliphatic carbocycles. The van der Waals surface area contributed by atoms with Gasteiger partial charge in [-0.2, -0.15) is 13.9 Å². The lowest BCUT2D eigenvalue weighted by molar-refractivity contribution is -0.0511. The Hall–Kier alpha value is -4.42. The van der Waals surface area contributed by atoms with Gasteiger partial charge in [0.2, 0.25) is 5.88 Å². The molecule has 0 spiro atoms. The summed E-state index contributed by atoms with van der Waals surface area (Å²) in [5.41, 5.74) is 5.50. The van der Waals surface area contributed by atoms with Crippen molar-refractivity contribution in [1.82, 2.24) is 29.3 Å². The number of rotatable bonds is 5. The first-order chi connectivity index (χ1) is 20.7. The van der Waals surface area contributed by atoms with E-state index in [-0.39, 0.29) is 25.5 Å². The van der Waals surface area contributed by atoms with E-state index in [0.717, 1.165) is 51.8 Å². The van der Waals surface area contributed by atoms with Crippen LogP contribution in [-0.4, -0.2) is 47.6 Å². The smallest absolute Gasteiger partial charge is 0.387 e. The summed E-state index contributed by atoms with van der Waals surface area (Å²) in [4.78, 5) is 13.5. The highest BCUT2D eigenvalue weighted by molar-refractivity contribution is 5.83. The van der Waals surface area contributed by atoms with Gasteiger partial charge in [-0.3, -0.25) is 0 Å². The fourth-order valence-electron chi connectivity index (χ4n) is 5.82. The summed E-state index contributed by atoms with van der Waals surface area (Å²) in [6, 6.07) is 7.65. The van der Waals surface area contributed by atoms with Crippen molar-refractivity contribution in [1.29, 1.82) is 0 Å². The molecule has 3 aromatic heterocycles. The van der Waals surface area contributed by atoms with Crippen molar-refractivity contribution >= 4 is 11.0 Å². The van der Waals surface area contributed by atoms with Crippen molar-refractivity contribution in [2.45, 2.75) is 65.7 Å². The summed E-state index contributed by atoms with van der Waals surface area (Å²) in [5.74, 6) is 1.78. The molecule has 43 heavy (non-hydrogen) atoms. The Bertz CT molecular complexity index is 1840. The minimum absolute atomic E-state index is 0.126. The average molecular weight is 589 g/mol. The number of aliphatic hydroxyl groups is 1. The van der Waals surface area contributed by atoms with Crippen LogP contribution in [0.15, 0.2) is 42.9 Å². The van der Waals surface area contributed by atoms with Gasteiger partial charge in [-0.15, -0.1) is 0 Å². The molecule has 12 heteroatoms. The van der Waals surface area contributed by atoms with Gasteiger partial charge in [0.1, 0.15) is 23.8 Å². The van der Waals surface area contributed by atoms with E-state index in [4.69, 9.17) is 19.2 Å². The van der Waals surface area contributed by atoms with E-state index in [0.29, 0.717) is 35.3 Å². The summed E-state index contributed by atoms with van der Waals surface area (Å²) < 4.78 is 48.6. The van der Waals surface area contributed by atoms with Gasteiger partial charge in [0.25, 0.3) is 0 Å². The molecular formula is C31H30F2N6O4. The molecule has 2 aliphatic heterocycles. The van der Waals surface area contributed by atoms with E-state index in [1.54, 1.807) is 39.4 Å². The molecule has 5 heterocycles. The Morgan fingerprint density at radius 3 is 2.60 bits per heavy atom. The van der Waals surface area contributed by atoms with Gasteiger partial charge in [0.15, 0.2) is 5.82 Å². The first-order valence-electron chi connectivity index (χ1n) is 14.1. The molecule has 1 N–H and O–H groups in total. The normalized spacial score (nSPS) is 15.0. The maximum absolute atomic E-state index is 13.7. The average Bonchev–Trinajstić information content (AvgIpc) is 3.54. The predicted octanol–water partition coefficient (Wildman–Crippen LogP) is 5.36. The Labute approximate surface area is 245 Å². The quantitative estimate of drug-likeness (QED) is 0.293. The Morgan fingerprint density at radius 1 is 1.02 bits per heavy atom. The SMILES string of the molecule is Cc1cc(-c2cnn3c2OCCC3)c2c(c1OC(F)F)Cn1c(nc3ccc(-c4cnc(C(C)(C)O)nc4)cc31)COC2. The standard InChI is InChI=1S/C31H30F2N6O4/c1-17-9-20(21-13-36-39-7-4-8-42-28(21)39)23-15-41-16-26-37-24-6-5-18(19-11-34-29(35-12-19)31(2,3)40)10-25(24)38(26)14-22(23)27(17)43-30(32)33/h5-6,9-13,30,40H,4,7-8,14-16H2,1-3H3. The lowest BCUT2D eigenvalue weighted by atomic mass is 9.93. The third-order valence-corrected chi connectivity index (χ3v) is 7.88. The third-order valence-electron chi connectivity index (χ3n) is 7.88. The number of alkyl halides is 2. The van der Waals surface area contributed by atoms with E-state index < -0.39 is 12.2 Å². The number of halogens is 2. The van der Waals surface area contributed by atoms with Gasteiger partial charge in [-0.1, -0.05) is 6.07 Å². The molecule has 222 valence electrons. The van der Waals surface area contributed by atoms with Crippen molar-refractivity contribution < 1.29 is 28.1 Å². The molecule has 0 radical (unpaired) electrons. The van der Waals surface area contributed by atoms with Crippen molar-refractivity contribution in [2.24, 2.45) is 0 Å². The number of hydrogen-bond donors (Lipinski definition) is 1. The lowest BCUT2D eigenvalue weighted by Crippen LogP contribution is -2.19. The van der Waals surface area contributed by atoms with Crippen molar-refractivity contribution in [3.05, 3.63) is 71.2 Å². The number of aryl methyl sites for hydroxylation is 2.